The molecule has 0 heterocycles. The van der Waals surface area contributed by atoms with Crippen molar-refractivity contribution in [3.05, 3.63) is 28.8 Å². The first-order chi connectivity index (χ1) is 8.83. The molecular weight excluding hydrogens is 236 g/mol. The van der Waals surface area contributed by atoms with Gasteiger partial charge in [0.25, 0.3) is 0 Å². The lowest BCUT2D eigenvalue weighted by molar-refractivity contribution is 0.147. The van der Waals surface area contributed by atoms with Crippen molar-refractivity contribution >= 4 is 0 Å². The van der Waals surface area contributed by atoms with Gasteiger partial charge in [-0.3, -0.25) is 4.90 Å². The largest absolute Gasteiger partial charge is 0.496 e. The van der Waals surface area contributed by atoms with E-state index in [0.717, 1.165) is 18.8 Å². The molecule has 0 aliphatic rings. The Morgan fingerprint density at radius 2 is 1.84 bits per heavy atom. The summed E-state index contributed by atoms with van der Waals surface area (Å²) >= 11 is 0. The molecule has 0 saturated heterocycles. The Labute approximate surface area is 118 Å². The summed E-state index contributed by atoms with van der Waals surface area (Å²) in [6, 6.07) is 4.24. The summed E-state index contributed by atoms with van der Waals surface area (Å²) in [5.41, 5.74) is 4.06. The molecular formula is C16H28N2O. The highest BCUT2D eigenvalue weighted by Crippen LogP contribution is 2.26. The molecule has 0 aliphatic carbocycles. The van der Waals surface area contributed by atoms with Crippen LogP contribution in [0.15, 0.2) is 12.1 Å². The zero-order valence-electron chi connectivity index (χ0n) is 13.4. The van der Waals surface area contributed by atoms with Gasteiger partial charge in [-0.2, -0.15) is 0 Å². The van der Waals surface area contributed by atoms with Crippen molar-refractivity contribution < 1.29 is 4.74 Å². The summed E-state index contributed by atoms with van der Waals surface area (Å²) in [4.78, 5) is 2.39. The van der Waals surface area contributed by atoms with E-state index in [4.69, 9.17) is 4.74 Å². The Hall–Kier alpha value is -1.06. The summed E-state index contributed by atoms with van der Waals surface area (Å²) in [5, 5.41) is 3.26. The fraction of sp³-hybridized carbons (Fsp3) is 0.625. The third-order valence-corrected chi connectivity index (χ3v) is 4.12. The molecule has 0 amide bonds. The van der Waals surface area contributed by atoms with Gasteiger partial charge in [0.1, 0.15) is 5.75 Å². The Morgan fingerprint density at radius 1 is 1.21 bits per heavy atom. The summed E-state index contributed by atoms with van der Waals surface area (Å²) in [6.45, 7) is 10.7. The van der Waals surface area contributed by atoms with E-state index in [9.17, 15) is 0 Å². The predicted octanol–water partition coefficient (Wildman–Crippen LogP) is 2.74. The fourth-order valence-electron chi connectivity index (χ4n) is 2.28. The Kier molecular flexibility index (Phi) is 5.39. The highest BCUT2D eigenvalue weighted by molar-refractivity contribution is 5.43. The van der Waals surface area contributed by atoms with Gasteiger partial charge in [0.2, 0.25) is 0 Å². The van der Waals surface area contributed by atoms with Crippen LogP contribution in [0.3, 0.4) is 0 Å². The first-order valence-corrected chi connectivity index (χ1v) is 6.82. The van der Waals surface area contributed by atoms with Gasteiger partial charge in [-0.05, 0) is 64.5 Å². The van der Waals surface area contributed by atoms with Crippen LogP contribution in [0.4, 0.5) is 0 Å². The molecule has 0 aromatic heterocycles. The smallest absolute Gasteiger partial charge is 0.122 e. The van der Waals surface area contributed by atoms with E-state index in [0.29, 0.717) is 0 Å². The van der Waals surface area contributed by atoms with E-state index in [1.807, 2.05) is 7.05 Å². The van der Waals surface area contributed by atoms with Crippen LogP contribution in [0.25, 0.3) is 0 Å². The van der Waals surface area contributed by atoms with Crippen LogP contribution in [0.2, 0.25) is 0 Å². The van der Waals surface area contributed by atoms with Crippen molar-refractivity contribution in [2.45, 2.75) is 39.8 Å². The molecule has 3 nitrogen and oxygen atoms in total. The zero-order valence-corrected chi connectivity index (χ0v) is 13.4. The number of likely N-dealkylation sites (N-methyl/N-ethyl adjacent to an activating group) is 2. The van der Waals surface area contributed by atoms with Gasteiger partial charge in [-0.1, -0.05) is 6.07 Å². The molecule has 1 N–H and O–H groups in total. The number of nitrogens with zero attached hydrogens (tertiary/aromatic N) is 1. The van der Waals surface area contributed by atoms with E-state index >= 15 is 0 Å². The molecule has 0 spiro atoms. The maximum absolute atomic E-state index is 5.37. The minimum atomic E-state index is 0.134. The SMILES string of the molecule is CNCC(C)(C)N(C)Cc1ccc(OC)c(C)c1C. The maximum atomic E-state index is 5.37. The lowest BCUT2D eigenvalue weighted by atomic mass is 9.98. The van der Waals surface area contributed by atoms with E-state index in [-0.39, 0.29) is 5.54 Å². The van der Waals surface area contributed by atoms with Crippen molar-refractivity contribution in [3.8, 4) is 5.75 Å². The second-order valence-corrected chi connectivity index (χ2v) is 5.88. The lowest BCUT2D eigenvalue weighted by Crippen LogP contribution is -2.47. The Morgan fingerprint density at radius 3 is 2.37 bits per heavy atom. The molecule has 108 valence electrons. The highest BCUT2D eigenvalue weighted by atomic mass is 16.5. The van der Waals surface area contributed by atoms with Crippen LogP contribution in [0, 0.1) is 13.8 Å². The Bertz CT molecular complexity index is 427. The molecule has 0 bridgehead atoms. The monoisotopic (exact) mass is 264 g/mol. The number of hydrogen-bond acceptors (Lipinski definition) is 3. The van der Waals surface area contributed by atoms with Crippen molar-refractivity contribution in [1.29, 1.82) is 0 Å². The third-order valence-electron chi connectivity index (χ3n) is 4.12. The Balaban J connectivity index is 2.92. The minimum absolute atomic E-state index is 0.134. The van der Waals surface area contributed by atoms with Crippen LogP contribution >= 0.6 is 0 Å². The van der Waals surface area contributed by atoms with E-state index in [1.165, 1.54) is 16.7 Å². The lowest BCUT2D eigenvalue weighted by Gasteiger charge is -2.36. The van der Waals surface area contributed by atoms with Crippen LogP contribution < -0.4 is 10.1 Å². The van der Waals surface area contributed by atoms with E-state index in [1.54, 1.807) is 7.11 Å². The van der Waals surface area contributed by atoms with Gasteiger partial charge in [-0.15, -0.1) is 0 Å². The van der Waals surface area contributed by atoms with Crippen LogP contribution in [-0.4, -0.2) is 38.2 Å². The van der Waals surface area contributed by atoms with Crippen LogP contribution in [-0.2, 0) is 6.54 Å². The zero-order chi connectivity index (χ0) is 14.6. The summed E-state index contributed by atoms with van der Waals surface area (Å²) in [7, 11) is 5.90. The molecule has 0 radical (unpaired) electrons. The number of benzene rings is 1. The molecule has 0 fully saturated rings. The third kappa shape index (κ3) is 3.71. The molecule has 19 heavy (non-hydrogen) atoms. The van der Waals surface area contributed by atoms with Gasteiger partial charge < -0.3 is 10.1 Å². The number of ether oxygens (including phenoxy) is 1. The molecule has 1 aromatic carbocycles. The van der Waals surface area contributed by atoms with Gasteiger partial charge >= 0.3 is 0 Å². The molecule has 3 heteroatoms. The molecule has 0 aliphatic heterocycles. The van der Waals surface area contributed by atoms with Crippen molar-refractivity contribution in [2.75, 3.05) is 27.7 Å². The van der Waals surface area contributed by atoms with E-state index in [2.05, 4.69) is 57.1 Å². The first kappa shape index (κ1) is 16.0. The average Bonchev–Trinajstić information content (AvgIpc) is 2.35. The standard InChI is InChI=1S/C16H28N2O/c1-12-13(2)15(19-7)9-8-14(12)10-18(6)16(3,4)11-17-5/h8-9,17H,10-11H2,1-7H3. The number of rotatable bonds is 6. The van der Waals surface area contributed by atoms with Gasteiger partial charge in [0, 0.05) is 18.6 Å². The molecule has 0 unspecified atom stereocenters. The highest BCUT2D eigenvalue weighted by Gasteiger charge is 2.23. The molecule has 1 aromatic rings. The number of methoxy groups -OCH3 is 1. The van der Waals surface area contributed by atoms with Crippen molar-refractivity contribution in [2.24, 2.45) is 0 Å². The van der Waals surface area contributed by atoms with Gasteiger partial charge in [0.15, 0.2) is 0 Å². The van der Waals surface area contributed by atoms with Crippen molar-refractivity contribution in [1.82, 2.24) is 10.2 Å². The van der Waals surface area contributed by atoms with Crippen LogP contribution in [0.1, 0.15) is 30.5 Å². The van der Waals surface area contributed by atoms with Gasteiger partial charge in [0.05, 0.1) is 7.11 Å². The average molecular weight is 264 g/mol. The van der Waals surface area contributed by atoms with Crippen LogP contribution in [0.5, 0.6) is 5.75 Å². The molecule has 0 atom stereocenters. The summed E-state index contributed by atoms with van der Waals surface area (Å²) in [5.74, 6) is 0.971. The van der Waals surface area contributed by atoms with E-state index < -0.39 is 0 Å². The maximum Gasteiger partial charge on any atom is 0.122 e. The normalized spacial score (nSPS) is 12.0. The fourth-order valence-corrected chi connectivity index (χ4v) is 2.28. The second kappa shape index (κ2) is 6.40. The first-order valence-electron chi connectivity index (χ1n) is 6.82. The topological polar surface area (TPSA) is 24.5 Å². The number of hydrogen-bond donors (Lipinski definition) is 1. The summed E-state index contributed by atoms with van der Waals surface area (Å²) < 4.78 is 5.37. The number of nitrogens with one attached hydrogen (secondary N) is 1. The molecule has 0 saturated carbocycles. The predicted molar refractivity (Wildman–Crippen MR) is 81.9 cm³/mol. The van der Waals surface area contributed by atoms with Gasteiger partial charge in [-0.25, -0.2) is 0 Å². The summed E-state index contributed by atoms with van der Waals surface area (Å²) in [6.07, 6.45) is 0. The quantitative estimate of drug-likeness (QED) is 0.855. The molecule has 1 rings (SSSR count). The minimum Gasteiger partial charge on any atom is -0.496 e. The second-order valence-electron chi connectivity index (χ2n) is 5.88. The van der Waals surface area contributed by atoms with Crippen molar-refractivity contribution in [3.63, 3.8) is 0 Å².